The number of hydrogen-bond acceptors (Lipinski definition) is 3. The van der Waals surface area contributed by atoms with Crippen molar-refractivity contribution in [2.75, 3.05) is 0 Å². The zero-order chi connectivity index (χ0) is 16.0. The van der Waals surface area contributed by atoms with Crippen molar-refractivity contribution in [1.82, 2.24) is 14.8 Å². The van der Waals surface area contributed by atoms with Crippen LogP contribution >= 0.6 is 0 Å². The molecule has 1 N–H and O–H groups in total. The van der Waals surface area contributed by atoms with Crippen LogP contribution in [-0.2, 0) is 13.5 Å². The van der Waals surface area contributed by atoms with Crippen molar-refractivity contribution in [1.29, 1.82) is 0 Å². The van der Waals surface area contributed by atoms with Crippen molar-refractivity contribution in [2.24, 2.45) is 7.05 Å². The van der Waals surface area contributed by atoms with Gasteiger partial charge in [0.15, 0.2) is 0 Å². The second-order valence-electron chi connectivity index (χ2n) is 5.69. The van der Waals surface area contributed by atoms with Crippen molar-refractivity contribution in [3.8, 4) is 5.75 Å². The Hall–Kier alpha value is -2.08. The normalized spacial score (nSPS) is 10.9. The van der Waals surface area contributed by atoms with Crippen LogP contribution in [0.25, 0.3) is 21.9 Å². The number of aromatic amines is 1. The summed E-state index contributed by atoms with van der Waals surface area (Å²) in [5, 5.41) is 16.0. The van der Waals surface area contributed by atoms with Crippen molar-refractivity contribution in [2.45, 2.75) is 6.42 Å². The molecule has 24 heavy (non-hydrogen) atoms. The van der Waals surface area contributed by atoms with Crippen molar-refractivity contribution >= 4 is 21.9 Å². The first-order chi connectivity index (χ1) is 11.1. The van der Waals surface area contributed by atoms with E-state index >= 15 is 0 Å². The summed E-state index contributed by atoms with van der Waals surface area (Å²) in [4.78, 5) is 15.9. The van der Waals surface area contributed by atoms with E-state index in [0.29, 0.717) is 17.3 Å². The van der Waals surface area contributed by atoms with Crippen molar-refractivity contribution < 1.29 is 34.7 Å². The van der Waals surface area contributed by atoms with Gasteiger partial charge in [-0.3, -0.25) is 9.48 Å². The van der Waals surface area contributed by atoms with Crippen LogP contribution < -0.4 is 40.1 Å². The number of hydrogen-bond donors (Lipinski definition) is 1. The van der Waals surface area contributed by atoms with Crippen LogP contribution in [0.5, 0.6) is 5.75 Å². The standard InChI is InChI=1S/C18H15N3O2.Na/c1-21-17-16(10-19-21)20-15-7-4-12(9-14(15)18(17)23)8-11-2-5-13(22)6-3-11;/h2-7,9-10,22H,8H2,1H3,(H,20,23);/q;+1/p-1. The zero-order valence-corrected chi connectivity index (χ0v) is 15.5. The van der Waals surface area contributed by atoms with Gasteiger partial charge in [-0.1, -0.05) is 30.3 Å². The Balaban J connectivity index is 0.00000169. The summed E-state index contributed by atoms with van der Waals surface area (Å²) < 4.78 is 1.59. The van der Waals surface area contributed by atoms with Crippen LogP contribution in [0.15, 0.2) is 53.5 Å². The first-order valence-electron chi connectivity index (χ1n) is 7.34. The molecule has 0 amide bonds. The van der Waals surface area contributed by atoms with Crippen molar-refractivity contribution in [3.05, 3.63) is 70.0 Å². The van der Waals surface area contributed by atoms with Gasteiger partial charge < -0.3 is 10.1 Å². The minimum atomic E-state index is -0.0227. The van der Waals surface area contributed by atoms with Crippen LogP contribution in [0.4, 0.5) is 0 Å². The van der Waals surface area contributed by atoms with E-state index in [1.54, 1.807) is 30.1 Å². The van der Waals surface area contributed by atoms with Gasteiger partial charge in [0.2, 0.25) is 5.43 Å². The summed E-state index contributed by atoms with van der Waals surface area (Å²) in [5.41, 5.74) is 4.17. The number of aryl methyl sites for hydroxylation is 1. The molecule has 0 fully saturated rings. The summed E-state index contributed by atoms with van der Waals surface area (Å²) >= 11 is 0. The number of pyridine rings is 1. The molecule has 2 heterocycles. The molecule has 6 heteroatoms. The molecule has 5 nitrogen and oxygen atoms in total. The fourth-order valence-electron chi connectivity index (χ4n) is 2.91. The second-order valence-corrected chi connectivity index (χ2v) is 5.69. The molecule has 0 aliphatic carbocycles. The minimum absolute atomic E-state index is 0. The van der Waals surface area contributed by atoms with Gasteiger partial charge in [0.1, 0.15) is 5.52 Å². The fourth-order valence-corrected chi connectivity index (χ4v) is 2.91. The number of fused-ring (bicyclic) bond motifs is 2. The molecule has 4 aromatic rings. The number of rotatable bonds is 2. The van der Waals surface area contributed by atoms with Gasteiger partial charge in [0.25, 0.3) is 0 Å². The molecule has 2 aromatic heterocycles. The molecular weight excluding hydrogens is 313 g/mol. The molecule has 0 saturated heterocycles. The van der Waals surface area contributed by atoms with E-state index in [-0.39, 0.29) is 40.7 Å². The molecule has 114 valence electrons. The van der Waals surface area contributed by atoms with E-state index in [4.69, 9.17) is 0 Å². The van der Waals surface area contributed by atoms with Gasteiger partial charge in [-0.25, -0.2) is 0 Å². The second kappa shape index (κ2) is 6.43. The zero-order valence-electron chi connectivity index (χ0n) is 13.5. The third kappa shape index (κ3) is 2.86. The van der Waals surface area contributed by atoms with E-state index < -0.39 is 0 Å². The van der Waals surface area contributed by atoms with E-state index in [9.17, 15) is 9.90 Å². The Kier molecular flexibility index (Phi) is 4.49. The van der Waals surface area contributed by atoms with Crippen LogP contribution in [0, 0.1) is 0 Å². The van der Waals surface area contributed by atoms with Crippen molar-refractivity contribution in [3.63, 3.8) is 0 Å². The number of benzene rings is 2. The van der Waals surface area contributed by atoms with E-state index in [1.807, 2.05) is 30.3 Å². The smallest absolute Gasteiger partial charge is 0.872 e. The van der Waals surface area contributed by atoms with Crippen LogP contribution in [0.1, 0.15) is 11.1 Å². The Morgan fingerprint density at radius 3 is 2.54 bits per heavy atom. The molecule has 0 unspecified atom stereocenters. The summed E-state index contributed by atoms with van der Waals surface area (Å²) in [5.74, 6) is 0.00214. The third-order valence-corrected chi connectivity index (χ3v) is 4.08. The van der Waals surface area contributed by atoms with Gasteiger partial charge >= 0.3 is 29.6 Å². The predicted octanol–water partition coefficient (Wildman–Crippen LogP) is -0.917. The van der Waals surface area contributed by atoms with Gasteiger partial charge in [-0.2, -0.15) is 5.10 Å². The van der Waals surface area contributed by atoms with Crippen LogP contribution in [0.2, 0.25) is 0 Å². The largest absolute Gasteiger partial charge is 1.00 e. The van der Waals surface area contributed by atoms with E-state index in [0.717, 1.165) is 22.2 Å². The molecule has 0 atom stereocenters. The topological polar surface area (TPSA) is 73.7 Å². The maximum absolute atomic E-state index is 12.7. The maximum atomic E-state index is 12.7. The number of aromatic nitrogens is 3. The van der Waals surface area contributed by atoms with Gasteiger partial charge in [-0.05, 0) is 29.7 Å². The first kappa shape index (κ1) is 16.8. The average molecular weight is 327 g/mol. The molecule has 4 rings (SSSR count). The molecule has 0 aliphatic rings. The van der Waals surface area contributed by atoms with Gasteiger partial charge in [0.05, 0.1) is 11.7 Å². The number of nitrogens with one attached hydrogen (secondary N) is 1. The average Bonchev–Trinajstić information content (AvgIpc) is 2.92. The Bertz CT molecular complexity index is 1080. The van der Waals surface area contributed by atoms with Gasteiger partial charge in [0, 0.05) is 18.0 Å². The van der Waals surface area contributed by atoms with E-state index in [1.165, 1.54) is 0 Å². The van der Waals surface area contributed by atoms with Crippen LogP contribution in [0.3, 0.4) is 0 Å². The molecule has 2 aromatic carbocycles. The summed E-state index contributed by atoms with van der Waals surface area (Å²) in [6.45, 7) is 0. The Morgan fingerprint density at radius 1 is 1.08 bits per heavy atom. The quantitative estimate of drug-likeness (QED) is 0.484. The summed E-state index contributed by atoms with van der Waals surface area (Å²) in [6.07, 6.45) is 2.34. The summed E-state index contributed by atoms with van der Waals surface area (Å²) in [6, 6.07) is 12.6. The number of H-pyrrole nitrogens is 1. The molecule has 0 bridgehead atoms. The monoisotopic (exact) mass is 327 g/mol. The molecule has 0 spiro atoms. The van der Waals surface area contributed by atoms with Crippen LogP contribution in [-0.4, -0.2) is 14.8 Å². The third-order valence-electron chi connectivity index (χ3n) is 4.08. The van der Waals surface area contributed by atoms with Gasteiger partial charge in [-0.15, -0.1) is 5.75 Å². The Morgan fingerprint density at radius 2 is 1.79 bits per heavy atom. The minimum Gasteiger partial charge on any atom is -0.872 e. The molecular formula is C18H14N3NaO2. The molecule has 0 saturated carbocycles. The van der Waals surface area contributed by atoms with E-state index in [2.05, 4.69) is 10.1 Å². The molecule has 0 radical (unpaired) electrons. The summed E-state index contributed by atoms with van der Waals surface area (Å²) in [7, 11) is 1.76. The predicted molar refractivity (Wildman–Crippen MR) is 87.5 cm³/mol. The fraction of sp³-hybridized carbons (Fsp3) is 0.111. The SMILES string of the molecule is Cn1ncc2[nH]c3ccc(Cc4ccc([O-])cc4)cc3c(=O)c21.[Na+]. The number of nitrogens with zero attached hydrogens (tertiary/aromatic N) is 2. The maximum Gasteiger partial charge on any atom is 1.00 e. The first-order valence-corrected chi connectivity index (χ1v) is 7.34. The molecule has 0 aliphatic heterocycles. The Labute approximate surface area is 160 Å².